The lowest BCUT2D eigenvalue weighted by atomic mass is 9.84. The minimum absolute atomic E-state index is 0.550. The number of rotatable bonds is 9. The van der Waals surface area contributed by atoms with Gasteiger partial charge in [-0.2, -0.15) is 0 Å². The van der Waals surface area contributed by atoms with Crippen molar-refractivity contribution in [3.8, 4) is 0 Å². The van der Waals surface area contributed by atoms with Gasteiger partial charge < -0.3 is 10.2 Å². The molecule has 0 heterocycles. The SMILES string of the molecule is CCCN(CC1(CNCC(C)C)CCCC1)C(C)C. The number of nitrogens with one attached hydrogen (secondary N) is 1. The third-order valence-electron chi connectivity index (χ3n) is 4.50. The first-order chi connectivity index (χ1) is 8.99. The number of hydrogen-bond donors (Lipinski definition) is 1. The average molecular weight is 268 g/mol. The lowest BCUT2D eigenvalue weighted by Crippen LogP contribution is -2.45. The Balaban J connectivity index is 2.54. The molecular weight excluding hydrogens is 232 g/mol. The molecule has 2 heteroatoms. The summed E-state index contributed by atoms with van der Waals surface area (Å²) in [6.45, 7) is 16.5. The van der Waals surface area contributed by atoms with E-state index in [1.165, 1.54) is 51.7 Å². The molecule has 0 aliphatic heterocycles. The fourth-order valence-corrected chi connectivity index (χ4v) is 3.38. The Kier molecular flexibility index (Phi) is 7.38. The van der Waals surface area contributed by atoms with Crippen LogP contribution in [0.4, 0.5) is 0 Å². The van der Waals surface area contributed by atoms with E-state index in [2.05, 4.69) is 44.8 Å². The van der Waals surface area contributed by atoms with Crippen LogP contribution in [0.25, 0.3) is 0 Å². The summed E-state index contributed by atoms with van der Waals surface area (Å²) in [4.78, 5) is 2.70. The maximum atomic E-state index is 3.73. The molecule has 0 spiro atoms. The maximum Gasteiger partial charge on any atom is 0.00528 e. The van der Waals surface area contributed by atoms with E-state index in [0.717, 1.165) is 12.5 Å². The summed E-state index contributed by atoms with van der Waals surface area (Å²) in [7, 11) is 0. The van der Waals surface area contributed by atoms with Gasteiger partial charge in [-0.1, -0.05) is 33.6 Å². The highest BCUT2D eigenvalue weighted by Gasteiger charge is 2.35. The molecule has 0 aromatic carbocycles. The first kappa shape index (κ1) is 17.0. The van der Waals surface area contributed by atoms with Gasteiger partial charge in [-0.25, -0.2) is 0 Å². The molecule has 0 bridgehead atoms. The monoisotopic (exact) mass is 268 g/mol. The maximum absolute atomic E-state index is 3.73. The standard InChI is InChI=1S/C17H36N2/c1-6-11-19(16(4)5)14-17(9-7-8-10-17)13-18-12-15(2)3/h15-16,18H,6-14H2,1-5H3. The molecule has 0 radical (unpaired) electrons. The second-order valence-electron chi connectivity index (χ2n) is 7.30. The van der Waals surface area contributed by atoms with Crippen LogP contribution in [0, 0.1) is 11.3 Å². The van der Waals surface area contributed by atoms with Crippen LogP contribution in [0.15, 0.2) is 0 Å². The summed E-state index contributed by atoms with van der Waals surface area (Å²) in [5.74, 6) is 0.760. The number of hydrogen-bond acceptors (Lipinski definition) is 2. The summed E-state index contributed by atoms with van der Waals surface area (Å²) in [5.41, 5.74) is 0.550. The Bertz CT molecular complexity index is 229. The highest BCUT2D eigenvalue weighted by atomic mass is 15.2. The van der Waals surface area contributed by atoms with Crippen molar-refractivity contribution >= 4 is 0 Å². The van der Waals surface area contributed by atoms with Gasteiger partial charge in [-0.05, 0) is 57.5 Å². The summed E-state index contributed by atoms with van der Waals surface area (Å²) in [6.07, 6.45) is 6.98. The van der Waals surface area contributed by atoms with Gasteiger partial charge in [-0.3, -0.25) is 0 Å². The molecule has 1 rings (SSSR count). The third kappa shape index (κ3) is 5.83. The van der Waals surface area contributed by atoms with Crippen molar-refractivity contribution in [2.24, 2.45) is 11.3 Å². The summed E-state index contributed by atoms with van der Waals surface area (Å²) >= 11 is 0. The lowest BCUT2D eigenvalue weighted by Gasteiger charge is -2.38. The van der Waals surface area contributed by atoms with Crippen molar-refractivity contribution in [3.63, 3.8) is 0 Å². The Hall–Kier alpha value is -0.0800. The molecule has 0 amide bonds. The third-order valence-corrected chi connectivity index (χ3v) is 4.50. The van der Waals surface area contributed by atoms with Crippen molar-refractivity contribution in [1.82, 2.24) is 10.2 Å². The molecule has 2 nitrogen and oxygen atoms in total. The van der Waals surface area contributed by atoms with Crippen LogP contribution in [0.3, 0.4) is 0 Å². The minimum Gasteiger partial charge on any atom is -0.316 e. The Labute approximate surface area is 121 Å². The Morgan fingerprint density at radius 3 is 2.21 bits per heavy atom. The zero-order valence-electron chi connectivity index (χ0n) is 14.0. The van der Waals surface area contributed by atoms with Crippen molar-refractivity contribution in [2.45, 2.75) is 72.8 Å². The van der Waals surface area contributed by atoms with Crippen LogP contribution in [0.1, 0.15) is 66.7 Å². The van der Waals surface area contributed by atoms with E-state index in [9.17, 15) is 0 Å². The molecule has 0 aromatic rings. The quantitative estimate of drug-likeness (QED) is 0.682. The van der Waals surface area contributed by atoms with Gasteiger partial charge >= 0.3 is 0 Å². The van der Waals surface area contributed by atoms with Crippen LogP contribution < -0.4 is 5.32 Å². The molecule has 0 aromatic heterocycles. The Morgan fingerprint density at radius 2 is 1.74 bits per heavy atom. The van der Waals surface area contributed by atoms with Gasteiger partial charge in [-0.15, -0.1) is 0 Å². The van der Waals surface area contributed by atoms with E-state index in [1.54, 1.807) is 0 Å². The van der Waals surface area contributed by atoms with Crippen molar-refractivity contribution < 1.29 is 0 Å². The average Bonchev–Trinajstić information content (AvgIpc) is 2.77. The fraction of sp³-hybridized carbons (Fsp3) is 1.00. The van der Waals surface area contributed by atoms with Crippen molar-refractivity contribution in [3.05, 3.63) is 0 Å². The topological polar surface area (TPSA) is 15.3 Å². The van der Waals surface area contributed by atoms with Gasteiger partial charge in [0.05, 0.1) is 0 Å². The summed E-state index contributed by atoms with van der Waals surface area (Å²) in [5, 5.41) is 3.73. The van der Waals surface area contributed by atoms with E-state index in [4.69, 9.17) is 0 Å². The second kappa shape index (κ2) is 8.26. The van der Waals surface area contributed by atoms with Crippen LogP contribution in [-0.2, 0) is 0 Å². The highest BCUT2D eigenvalue weighted by molar-refractivity contribution is 4.90. The molecular formula is C17H36N2. The molecule has 1 N–H and O–H groups in total. The van der Waals surface area contributed by atoms with E-state index in [0.29, 0.717) is 11.5 Å². The molecule has 0 unspecified atom stereocenters. The van der Waals surface area contributed by atoms with Crippen LogP contribution >= 0.6 is 0 Å². The molecule has 1 fully saturated rings. The zero-order chi connectivity index (χ0) is 14.3. The van der Waals surface area contributed by atoms with Crippen LogP contribution in [-0.4, -0.2) is 37.1 Å². The number of nitrogens with zero attached hydrogens (tertiary/aromatic N) is 1. The lowest BCUT2D eigenvalue weighted by molar-refractivity contribution is 0.121. The fourth-order valence-electron chi connectivity index (χ4n) is 3.38. The first-order valence-corrected chi connectivity index (χ1v) is 8.44. The van der Waals surface area contributed by atoms with Crippen LogP contribution in [0.5, 0.6) is 0 Å². The smallest absolute Gasteiger partial charge is 0.00528 e. The van der Waals surface area contributed by atoms with Crippen molar-refractivity contribution in [2.75, 3.05) is 26.2 Å². The van der Waals surface area contributed by atoms with Gasteiger partial charge in [0.15, 0.2) is 0 Å². The molecule has 114 valence electrons. The molecule has 1 saturated carbocycles. The minimum atomic E-state index is 0.550. The molecule has 19 heavy (non-hydrogen) atoms. The second-order valence-corrected chi connectivity index (χ2v) is 7.30. The highest BCUT2D eigenvalue weighted by Crippen LogP contribution is 2.38. The van der Waals surface area contributed by atoms with E-state index >= 15 is 0 Å². The largest absolute Gasteiger partial charge is 0.316 e. The van der Waals surface area contributed by atoms with Gasteiger partial charge in [0.1, 0.15) is 0 Å². The molecule has 0 saturated heterocycles. The zero-order valence-corrected chi connectivity index (χ0v) is 14.0. The van der Waals surface area contributed by atoms with Gasteiger partial charge in [0.2, 0.25) is 0 Å². The summed E-state index contributed by atoms with van der Waals surface area (Å²) in [6, 6.07) is 0.683. The van der Waals surface area contributed by atoms with E-state index in [1.807, 2.05) is 0 Å². The summed E-state index contributed by atoms with van der Waals surface area (Å²) < 4.78 is 0. The molecule has 1 aliphatic carbocycles. The van der Waals surface area contributed by atoms with Gasteiger partial charge in [0, 0.05) is 19.1 Å². The van der Waals surface area contributed by atoms with Crippen LogP contribution in [0.2, 0.25) is 0 Å². The molecule has 1 aliphatic rings. The van der Waals surface area contributed by atoms with E-state index < -0.39 is 0 Å². The normalized spacial score (nSPS) is 18.9. The molecule has 0 atom stereocenters. The van der Waals surface area contributed by atoms with Gasteiger partial charge in [0.25, 0.3) is 0 Å². The Morgan fingerprint density at radius 1 is 1.11 bits per heavy atom. The van der Waals surface area contributed by atoms with E-state index in [-0.39, 0.29) is 0 Å². The first-order valence-electron chi connectivity index (χ1n) is 8.44. The predicted molar refractivity (Wildman–Crippen MR) is 85.6 cm³/mol. The van der Waals surface area contributed by atoms with Crippen molar-refractivity contribution in [1.29, 1.82) is 0 Å². The predicted octanol–water partition coefficient (Wildman–Crippen LogP) is 3.91.